The maximum absolute atomic E-state index is 12.7. The lowest BCUT2D eigenvalue weighted by molar-refractivity contribution is -0.137. The van der Waals surface area contributed by atoms with E-state index < -0.39 is 11.7 Å². The molecule has 0 radical (unpaired) electrons. The van der Waals surface area contributed by atoms with Crippen LogP contribution in [0.2, 0.25) is 0 Å². The Labute approximate surface area is 107 Å². The van der Waals surface area contributed by atoms with Gasteiger partial charge in [-0.15, -0.1) is 10.2 Å². The molecule has 102 valence electrons. The van der Waals surface area contributed by atoms with Gasteiger partial charge in [-0.3, -0.25) is 4.40 Å². The quantitative estimate of drug-likeness (QED) is 0.864. The smallest absolute Gasteiger partial charge is 0.316 e. The minimum Gasteiger partial charge on any atom is -0.316 e. The molecule has 1 aliphatic rings. The van der Waals surface area contributed by atoms with Crippen molar-refractivity contribution in [3.63, 3.8) is 0 Å². The molecule has 7 heteroatoms. The van der Waals surface area contributed by atoms with Crippen LogP contribution in [0.3, 0.4) is 0 Å². The van der Waals surface area contributed by atoms with Gasteiger partial charge in [0.05, 0.1) is 5.56 Å². The van der Waals surface area contributed by atoms with E-state index in [1.54, 1.807) is 0 Å². The fraction of sp³-hybridized carbons (Fsp3) is 0.500. The molecule has 1 atom stereocenters. The fourth-order valence-corrected chi connectivity index (χ4v) is 2.43. The van der Waals surface area contributed by atoms with Crippen molar-refractivity contribution in [2.24, 2.45) is 0 Å². The maximum atomic E-state index is 12.7. The first kappa shape index (κ1) is 12.4. The van der Waals surface area contributed by atoms with Crippen LogP contribution in [0.15, 0.2) is 18.3 Å². The number of rotatable bonds is 1. The normalized spacial score (nSPS) is 20.9. The third kappa shape index (κ3) is 2.30. The standard InChI is InChI=1S/C12H13F3N4/c13-12(14,15)9-3-4-10-17-18-11(19(10)7-9)8-2-1-5-16-6-8/h3-4,7-8,16H,1-2,5-6H2. The SMILES string of the molecule is FC(F)(F)c1ccc2nnc(C3CCCNC3)n2c1. The predicted molar refractivity (Wildman–Crippen MR) is 62.8 cm³/mol. The number of aromatic nitrogens is 3. The molecular formula is C12H13F3N4. The average Bonchev–Trinajstić information content (AvgIpc) is 2.81. The second-order valence-corrected chi connectivity index (χ2v) is 4.75. The Morgan fingerprint density at radius 2 is 2.11 bits per heavy atom. The molecule has 4 nitrogen and oxygen atoms in total. The van der Waals surface area contributed by atoms with Crippen molar-refractivity contribution in [2.45, 2.75) is 24.9 Å². The number of nitrogens with one attached hydrogen (secondary N) is 1. The van der Waals surface area contributed by atoms with Crippen molar-refractivity contribution in [2.75, 3.05) is 13.1 Å². The van der Waals surface area contributed by atoms with Gasteiger partial charge in [-0.1, -0.05) is 0 Å². The summed E-state index contributed by atoms with van der Waals surface area (Å²) in [7, 11) is 0. The summed E-state index contributed by atoms with van der Waals surface area (Å²) in [5, 5.41) is 11.2. The lowest BCUT2D eigenvalue weighted by atomic mass is 9.99. The van der Waals surface area contributed by atoms with Crippen LogP contribution in [0.1, 0.15) is 30.1 Å². The van der Waals surface area contributed by atoms with Crippen molar-refractivity contribution in [3.05, 3.63) is 29.7 Å². The Kier molecular flexibility index (Phi) is 2.93. The number of nitrogens with zero attached hydrogens (tertiary/aromatic N) is 3. The highest BCUT2D eigenvalue weighted by atomic mass is 19.4. The van der Waals surface area contributed by atoms with Crippen molar-refractivity contribution < 1.29 is 13.2 Å². The highest BCUT2D eigenvalue weighted by Gasteiger charge is 2.31. The van der Waals surface area contributed by atoms with Crippen LogP contribution in [0.25, 0.3) is 5.65 Å². The van der Waals surface area contributed by atoms with Crippen molar-refractivity contribution >= 4 is 5.65 Å². The van der Waals surface area contributed by atoms with Gasteiger partial charge in [-0.25, -0.2) is 0 Å². The van der Waals surface area contributed by atoms with Gasteiger partial charge >= 0.3 is 6.18 Å². The van der Waals surface area contributed by atoms with E-state index in [4.69, 9.17) is 0 Å². The summed E-state index contributed by atoms with van der Waals surface area (Å²) in [5.74, 6) is 0.723. The first-order chi connectivity index (χ1) is 9.05. The van der Waals surface area contributed by atoms with Gasteiger partial charge in [-0.2, -0.15) is 13.2 Å². The monoisotopic (exact) mass is 270 g/mol. The minimum atomic E-state index is -4.35. The molecule has 0 spiro atoms. The van der Waals surface area contributed by atoms with Crippen LogP contribution in [0, 0.1) is 0 Å². The van der Waals surface area contributed by atoms with Gasteiger partial charge in [0.1, 0.15) is 5.82 Å². The zero-order chi connectivity index (χ0) is 13.5. The molecule has 0 bridgehead atoms. The van der Waals surface area contributed by atoms with Crippen LogP contribution >= 0.6 is 0 Å². The highest BCUT2D eigenvalue weighted by molar-refractivity contribution is 5.40. The van der Waals surface area contributed by atoms with Crippen molar-refractivity contribution in [1.82, 2.24) is 19.9 Å². The number of fused-ring (bicyclic) bond motifs is 1. The minimum absolute atomic E-state index is 0.118. The Morgan fingerprint density at radius 3 is 2.79 bits per heavy atom. The van der Waals surface area contributed by atoms with E-state index >= 15 is 0 Å². The molecule has 0 saturated carbocycles. The Balaban J connectivity index is 2.05. The fourth-order valence-electron chi connectivity index (χ4n) is 2.43. The van der Waals surface area contributed by atoms with E-state index in [2.05, 4.69) is 15.5 Å². The highest BCUT2D eigenvalue weighted by Crippen LogP contribution is 2.30. The molecule has 3 rings (SSSR count). The van der Waals surface area contributed by atoms with Crippen molar-refractivity contribution in [1.29, 1.82) is 0 Å². The molecule has 1 fully saturated rings. The molecule has 1 aliphatic heterocycles. The zero-order valence-electron chi connectivity index (χ0n) is 10.1. The molecule has 0 aliphatic carbocycles. The van der Waals surface area contributed by atoms with Gasteiger partial charge < -0.3 is 5.32 Å². The Hall–Kier alpha value is -1.63. The maximum Gasteiger partial charge on any atom is 0.417 e. The van der Waals surface area contributed by atoms with E-state index in [1.165, 1.54) is 10.5 Å². The molecule has 1 unspecified atom stereocenters. The van der Waals surface area contributed by atoms with Crippen LogP contribution in [0.5, 0.6) is 0 Å². The van der Waals surface area contributed by atoms with E-state index in [9.17, 15) is 13.2 Å². The molecule has 1 N–H and O–H groups in total. The Bertz CT molecular complexity index is 584. The second-order valence-electron chi connectivity index (χ2n) is 4.75. The van der Waals surface area contributed by atoms with Crippen LogP contribution in [0.4, 0.5) is 13.2 Å². The number of halogens is 3. The van der Waals surface area contributed by atoms with Gasteiger partial charge in [0.2, 0.25) is 0 Å². The second kappa shape index (κ2) is 4.48. The molecule has 3 heterocycles. The molecule has 2 aromatic heterocycles. The van der Waals surface area contributed by atoms with E-state index in [0.29, 0.717) is 11.5 Å². The lowest BCUT2D eigenvalue weighted by Gasteiger charge is -2.21. The van der Waals surface area contributed by atoms with E-state index in [-0.39, 0.29) is 5.92 Å². The zero-order valence-corrected chi connectivity index (χ0v) is 10.1. The number of piperidine rings is 1. The topological polar surface area (TPSA) is 42.2 Å². The summed E-state index contributed by atoms with van der Waals surface area (Å²) in [6, 6.07) is 2.39. The number of hydrogen-bond donors (Lipinski definition) is 1. The van der Waals surface area contributed by atoms with Gasteiger partial charge in [-0.05, 0) is 31.5 Å². The molecule has 1 saturated heterocycles. The average molecular weight is 270 g/mol. The Morgan fingerprint density at radius 1 is 1.26 bits per heavy atom. The first-order valence-electron chi connectivity index (χ1n) is 6.18. The van der Waals surface area contributed by atoms with Crippen LogP contribution < -0.4 is 5.32 Å². The largest absolute Gasteiger partial charge is 0.417 e. The van der Waals surface area contributed by atoms with Gasteiger partial charge in [0.15, 0.2) is 5.65 Å². The van der Waals surface area contributed by atoms with Crippen LogP contribution in [-0.2, 0) is 6.18 Å². The van der Waals surface area contributed by atoms with E-state index in [1.807, 2.05) is 0 Å². The summed E-state index contributed by atoms with van der Waals surface area (Å²) in [6.07, 6.45) is -1.34. The van der Waals surface area contributed by atoms with E-state index in [0.717, 1.165) is 38.2 Å². The molecule has 2 aromatic rings. The molecular weight excluding hydrogens is 257 g/mol. The van der Waals surface area contributed by atoms with Crippen LogP contribution in [-0.4, -0.2) is 27.7 Å². The first-order valence-corrected chi connectivity index (χ1v) is 6.18. The number of pyridine rings is 1. The lowest BCUT2D eigenvalue weighted by Crippen LogP contribution is -2.29. The third-order valence-electron chi connectivity index (χ3n) is 3.42. The molecule has 0 amide bonds. The summed E-state index contributed by atoms with van der Waals surface area (Å²) in [4.78, 5) is 0. The van der Waals surface area contributed by atoms with Gasteiger partial charge in [0, 0.05) is 18.7 Å². The number of hydrogen-bond acceptors (Lipinski definition) is 3. The third-order valence-corrected chi connectivity index (χ3v) is 3.42. The van der Waals surface area contributed by atoms with Crippen molar-refractivity contribution in [3.8, 4) is 0 Å². The molecule has 19 heavy (non-hydrogen) atoms. The number of alkyl halides is 3. The summed E-state index contributed by atoms with van der Waals surface area (Å²) < 4.78 is 39.6. The summed E-state index contributed by atoms with van der Waals surface area (Å²) in [5.41, 5.74) is -0.224. The summed E-state index contributed by atoms with van der Waals surface area (Å²) in [6.45, 7) is 1.68. The molecule has 0 aromatic carbocycles. The van der Waals surface area contributed by atoms with Gasteiger partial charge in [0.25, 0.3) is 0 Å². The predicted octanol–water partition coefficient (Wildman–Crippen LogP) is 2.22. The summed E-state index contributed by atoms with van der Waals surface area (Å²) >= 11 is 0.